The number of nitrogens with zero attached hydrogens (tertiary/aromatic N) is 3. The fraction of sp³-hybridized carbons (Fsp3) is 0.357. The van der Waals surface area contributed by atoms with Crippen LogP contribution in [0, 0.1) is 22.7 Å². The van der Waals surface area contributed by atoms with Crippen LogP contribution in [0.15, 0.2) is 24.3 Å². The summed E-state index contributed by atoms with van der Waals surface area (Å²) < 4.78 is 0. The lowest BCUT2D eigenvalue weighted by Crippen LogP contribution is -2.36. The van der Waals surface area contributed by atoms with E-state index in [9.17, 15) is 4.79 Å². The van der Waals surface area contributed by atoms with Gasteiger partial charge >= 0.3 is 0 Å². The molecule has 0 radical (unpaired) electrons. The Kier molecular flexibility index (Phi) is 5.53. The molecule has 1 aromatic rings. The first kappa shape index (κ1) is 14.7. The topological polar surface area (TPSA) is 79.9 Å². The first-order valence-corrected chi connectivity index (χ1v) is 5.94. The minimum Gasteiger partial charge on any atom is -0.325 e. The van der Waals surface area contributed by atoms with E-state index in [1.807, 2.05) is 17.9 Å². The van der Waals surface area contributed by atoms with Crippen molar-refractivity contribution in [2.75, 3.05) is 18.9 Å². The van der Waals surface area contributed by atoms with Gasteiger partial charge in [0.15, 0.2) is 0 Å². The minimum absolute atomic E-state index is 0.0386. The Balaban J connectivity index is 2.51. The van der Waals surface area contributed by atoms with Crippen molar-refractivity contribution in [1.82, 2.24) is 4.90 Å². The number of anilines is 1. The quantitative estimate of drug-likeness (QED) is 0.870. The summed E-state index contributed by atoms with van der Waals surface area (Å²) in [6, 6.07) is 10.8. The predicted molar refractivity (Wildman–Crippen MR) is 72.1 cm³/mol. The maximum absolute atomic E-state index is 11.8. The van der Waals surface area contributed by atoms with Crippen LogP contribution < -0.4 is 5.32 Å². The van der Waals surface area contributed by atoms with Crippen LogP contribution in [-0.4, -0.2) is 30.4 Å². The fourth-order valence-electron chi connectivity index (χ4n) is 1.50. The normalized spacial score (nSPS) is 11.4. The van der Waals surface area contributed by atoms with Crippen molar-refractivity contribution in [3.05, 3.63) is 29.8 Å². The van der Waals surface area contributed by atoms with Gasteiger partial charge in [-0.2, -0.15) is 10.5 Å². The van der Waals surface area contributed by atoms with Crippen molar-refractivity contribution in [2.45, 2.75) is 19.4 Å². The third kappa shape index (κ3) is 4.79. The molecule has 1 N–H and O–H groups in total. The molecule has 1 unspecified atom stereocenters. The summed E-state index contributed by atoms with van der Waals surface area (Å²) in [5.41, 5.74) is 1.21. The van der Waals surface area contributed by atoms with Crippen molar-refractivity contribution in [1.29, 1.82) is 10.5 Å². The van der Waals surface area contributed by atoms with Crippen molar-refractivity contribution < 1.29 is 4.79 Å². The Hall–Kier alpha value is -2.37. The Bertz CT molecular complexity index is 510. The highest BCUT2D eigenvalue weighted by Gasteiger charge is 2.12. The first-order valence-electron chi connectivity index (χ1n) is 5.94. The molecule has 0 aliphatic carbocycles. The average Bonchev–Trinajstić information content (AvgIpc) is 2.39. The third-order valence-electron chi connectivity index (χ3n) is 2.83. The molecule has 1 amide bonds. The van der Waals surface area contributed by atoms with E-state index in [1.54, 1.807) is 31.3 Å². The maximum atomic E-state index is 11.8. The zero-order valence-electron chi connectivity index (χ0n) is 11.1. The monoisotopic (exact) mass is 256 g/mol. The lowest BCUT2D eigenvalue weighted by Gasteiger charge is -2.21. The van der Waals surface area contributed by atoms with Crippen molar-refractivity contribution >= 4 is 11.6 Å². The number of hydrogen-bond acceptors (Lipinski definition) is 4. The summed E-state index contributed by atoms with van der Waals surface area (Å²) in [4.78, 5) is 13.6. The van der Waals surface area contributed by atoms with Crippen LogP contribution in [0.4, 0.5) is 5.69 Å². The molecule has 1 rings (SSSR count). The van der Waals surface area contributed by atoms with Crippen LogP contribution in [-0.2, 0) is 4.79 Å². The zero-order chi connectivity index (χ0) is 14.3. The van der Waals surface area contributed by atoms with E-state index in [0.717, 1.165) is 0 Å². The highest BCUT2D eigenvalue weighted by Crippen LogP contribution is 2.09. The number of likely N-dealkylation sites (N-methyl/N-ethyl adjacent to an activating group) is 1. The van der Waals surface area contributed by atoms with Crippen LogP contribution in [0.25, 0.3) is 0 Å². The Morgan fingerprint density at radius 1 is 1.37 bits per heavy atom. The molecule has 0 saturated carbocycles. The van der Waals surface area contributed by atoms with E-state index in [4.69, 9.17) is 10.5 Å². The van der Waals surface area contributed by atoms with Gasteiger partial charge in [-0.3, -0.25) is 9.69 Å². The zero-order valence-corrected chi connectivity index (χ0v) is 11.1. The molecule has 0 fully saturated rings. The average molecular weight is 256 g/mol. The van der Waals surface area contributed by atoms with Crippen molar-refractivity contribution in [2.24, 2.45) is 0 Å². The number of carbonyl (C=O) groups excluding carboxylic acids is 1. The van der Waals surface area contributed by atoms with E-state index < -0.39 is 0 Å². The van der Waals surface area contributed by atoms with E-state index >= 15 is 0 Å². The third-order valence-corrected chi connectivity index (χ3v) is 2.83. The molecule has 5 nitrogen and oxygen atoms in total. The number of benzene rings is 1. The van der Waals surface area contributed by atoms with Crippen molar-refractivity contribution in [3.8, 4) is 12.1 Å². The van der Waals surface area contributed by atoms with Crippen LogP contribution in [0.2, 0.25) is 0 Å². The molecule has 5 heteroatoms. The van der Waals surface area contributed by atoms with Gasteiger partial charge in [-0.05, 0) is 38.2 Å². The molecule has 98 valence electrons. The van der Waals surface area contributed by atoms with Crippen molar-refractivity contribution in [3.63, 3.8) is 0 Å². The van der Waals surface area contributed by atoms with Gasteiger partial charge < -0.3 is 5.32 Å². The summed E-state index contributed by atoms with van der Waals surface area (Å²) in [6.45, 7) is 2.13. The second-order valence-corrected chi connectivity index (χ2v) is 4.36. The van der Waals surface area contributed by atoms with Crippen LogP contribution >= 0.6 is 0 Å². The van der Waals surface area contributed by atoms with Crippen LogP contribution in [0.5, 0.6) is 0 Å². The van der Waals surface area contributed by atoms with Gasteiger partial charge in [0.05, 0.1) is 30.7 Å². The second-order valence-electron chi connectivity index (χ2n) is 4.36. The standard InChI is InChI=1S/C14H16N4O/c1-11(7-8-15)18(2)10-14(19)17-13-5-3-12(9-16)4-6-13/h3-6,11H,7,10H2,1-2H3,(H,17,19). The molecule has 0 saturated heterocycles. The molecule has 0 bridgehead atoms. The van der Waals surface area contributed by atoms with Gasteiger partial charge in [0.1, 0.15) is 0 Å². The van der Waals surface area contributed by atoms with E-state index in [1.165, 1.54) is 0 Å². The number of amides is 1. The molecule has 1 atom stereocenters. The molecule has 0 aliphatic heterocycles. The Morgan fingerprint density at radius 2 is 2.00 bits per heavy atom. The van der Waals surface area contributed by atoms with Gasteiger partial charge in [0.25, 0.3) is 0 Å². The molecular formula is C14H16N4O. The smallest absolute Gasteiger partial charge is 0.238 e. The molecule has 0 heterocycles. The largest absolute Gasteiger partial charge is 0.325 e. The number of hydrogen-bond donors (Lipinski definition) is 1. The Labute approximate surface area is 113 Å². The number of rotatable bonds is 5. The predicted octanol–water partition coefficient (Wildman–Crippen LogP) is 1.73. The number of carbonyl (C=O) groups is 1. The molecule has 19 heavy (non-hydrogen) atoms. The number of nitriles is 2. The molecule has 1 aromatic carbocycles. The van der Waals surface area contributed by atoms with Gasteiger partial charge in [-0.1, -0.05) is 0 Å². The van der Waals surface area contributed by atoms with Crippen LogP contribution in [0.3, 0.4) is 0 Å². The van der Waals surface area contributed by atoms with Crippen LogP contribution in [0.1, 0.15) is 18.9 Å². The first-order chi connectivity index (χ1) is 9.06. The lowest BCUT2D eigenvalue weighted by molar-refractivity contribution is -0.117. The maximum Gasteiger partial charge on any atom is 0.238 e. The summed E-state index contributed by atoms with van der Waals surface area (Å²) in [5.74, 6) is -0.142. The minimum atomic E-state index is -0.142. The van der Waals surface area contributed by atoms with E-state index in [-0.39, 0.29) is 18.5 Å². The van der Waals surface area contributed by atoms with Gasteiger partial charge in [-0.25, -0.2) is 0 Å². The summed E-state index contributed by atoms with van der Waals surface area (Å²) >= 11 is 0. The number of nitrogens with one attached hydrogen (secondary N) is 1. The fourth-order valence-corrected chi connectivity index (χ4v) is 1.50. The Morgan fingerprint density at radius 3 is 2.53 bits per heavy atom. The van der Waals surface area contributed by atoms with Gasteiger partial charge in [-0.15, -0.1) is 0 Å². The highest BCUT2D eigenvalue weighted by molar-refractivity contribution is 5.92. The SMILES string of the molecule is CC(CC#N)N(C)CC(=O)Nc1ccc(C#N)cc1. The van der Waals surface area contributed by atoms with Gasteiger partial charge in [0, 0.05) is 11.7 Å². The van der Waals surface area contributed by atoms with E-state index in [0.29, 0.717) is 17.7 Å². The summed E-state index contributed by atoms with van der Waals surface area (Å²) in [7, 11) is 1.81. The summed E-state index contributed by atoms with van der Waals surface area (Å²) in [5, 5.41) is 20.0. The molecule has 0 spiro atoms. The molecule has 0 aliphatic rings. The lowest BCUT2D eigenvalue weighted by atomic mass is 10.2. The summed E-state index contributed by atoms with van der Waals surface area (Å²) in [6.07, 6.45) is 0.390. The van der Waals surface area contributed by atoms with E-state index in [2.05, 4.69) is 11.4 Å². The van der Waals surface area contributed by atoms with Gasteiger partial charge in [0.2, 0.25) is 5.91 Å². The second kappa shape index (κ2) is 7.15. The molecular weight excluding hydrogens is 240 g/mol. The molecule has 0 aromatic heterocycles. The highest BCUT2D eigenvalue weighted by atomic mass is 16.2.